The molecule has 6 bridgehead atoms. The lowest BCUT2D eigenvalue weighted by Crippen LogP contribution is -2.53. The number of aromatic nitrogens is 1. The van der Waals surface area contributed by atoms with Crippen molar-refractivity contribution in [3.63, 3.8) is 0 Å². The van der Waals surface area contributed by atoms with E-state index >= 15 is 0 Å². The van der Waals surface area contributed by atoms with E-state index in [-0.39, 0.29) is 5.41 Å². The number of nitrogens with one attached hydrogen (secondary N) is 1. The number of piperidine rings is 3. The number of hydrogen-bond acceptors (Lipinski definition) is 2. The number of carbonyl (C=O) groups is 1. The molecular weight excluding hydrogens is 260 g/mol. The van der Waals surface area contributed by atoms with Gasteiger partial charge in [-0.3, -0.25) is 4.90 Å². The number of aldehydes is 1. The molecule has 3 nitrogen and oxygen atoms in total. The maximum absolute atomic E-state index is 11.9. The summed E-state index contributed by atoms with van der Waals surface area (Å²) in [6.45, 7) is 2.34. The molecule has 21 heavy (non-hydrogen) atoms. The quantitative estimate of drug-likeness (QED) is 0.814. The molecule has 2 aromatic rings. The second kappa shape index (κ2) is 3.09. The first-order chi connectivity index (χ1) is 10.3. The molecule has 0 radical (unpaired) electrons. The van der Waals surface area contributed by atoms with E-state index in [4.69, 9.17) is 0 Å². The predicted molar refractivity (Wildman–Crippen MR) is 79.9 cm³/mol. The monoisotopic (exact) mass is 278 g/mol. The Morgan fingerprint density at radius 3 is 3.10 bits per heavy atom. The van der Waals surface area contributed by atoms with Gasteiger partial charge in [-0.05, 0) is 43.2 Å². The summed E-state index contributed by atoms with van der Waals surface area (Å²) in [5.41, 5.74) is 4.17. The third-order valence-corrected chi connectivity index (χ3v) is 7.09. The zero-order valence-corrected chi connectivity index (χ0v) is 12.0. The van der Waals surface area contributed by atoms with E-state index in [0.29, 0.717) is 30.0 Å². The van der Waals surface area contributed by atoms with Gasteiger partial charge in [-0.25, -0.2) is 0 Å². The number of aromatic amines is 1. The molecule has 7 atom stereocenters. The Labute approximate surface area is 123 Å². The van der Waals surface area contributed by atoms with Crippen LogP contribution >= 0.6 is 0 Å². The molecule has 1 aliphatic carbocycles. The average molecular weight is 278 g/mol. The van der Waals surface area contributed by atoms with Crippen LogP contribution in [-0.2, 0) is 11.2 Å². The number of carbonyl (C=O) groups excluding carboxylic acids is 1. The van der Waals surface area contributed by atoms with Gasteiger partial charge in [0.1, 0.15) is 6.29 Å². The molecule has 1 aromatic carbocycles. The van der Waals surface area contributed by atoms with Crippen molar-refractivity contribution in [3.8, 4) is 0 Å². The van der Waals surface area contributed by atoms with Gasteiger partial charge in [0.15, 0.2) is 0 Å². The van der Waals surface area contributed by atoms with Crippen molar-refractivity contribution in [2.45, 2.75) is 37.9 Å². The first-order valence-electron chi connectivity index (χ1n) is 8.10. The zero-order valence-electron chi connectivity index (χ0n) is 12.0. The Morgan fingerprint density at radius 2 is 2.24 bits per heavy atom. The Kier molecular flexibility index (Phi) is 1.62. The van der Waals surface area contributed by atoms with Crippen LogP contribution in [0, 0.1) is 17.3 Å². The van der Waals surface area contributed by atoms with E-state index in [1.807, 2.05) is 0 Å². The molecule has 106 valence electrons. The summed E-state index contributed by atoms with van der Waals surface area (Å²) < 4.78 is 0. The van der Waals surface area contributed by atoms with E-state index in [9.17, 15) is 4.79 Å². The minimum Gasteiger partial charge on any atom is -0.357 e. The van der Waals surface area contributed by atoms with E-state index < -0.39 is 0 Å². The van der Waals surface area contributed by atoms with Crippen molar-refractivity contribution < 1.29 is 4.79 Å². The van der Waals surface area contributed by atoms with Gasteiger partial charge < -0.3 is 9.78 Å². The lowest BCUT2D eigenvalue weighted by atomic mass is 9.77. The molecule has 1 unspecified atom stereocenters. The number of para-hydroxylation sites is 1. The molecule has 5 heterocycles. The SMILES string of the molecule is C[C@H]1[C@H]2[C@@H]3C[C@H]4c5[nH]c6ccccc6c5C[C@H](N41)[C@]23C=O. The number of hydrogen-bond donors (Lipinski definition) is 1. The molecule has 4 fully saturated rings. The lowest BCUT2D eigenvalue weighted by Gasteiger charge is -2.49. The van der Waals surface area contributed by atoms with Crippen molar-refractivity contribution in [2.75, 3.05) is 0 Å². The van der Waals surface area contributed by atoms with Crippen LogP contribution in [0.4, 0.5) is 0 Å². The molecule has 7 rings (SSSR count). The maximum atomic E-state index is 11.9. The molecular formula is C18H18N2O. The minimum atomic E-state index is -0.00796. The minimum absolute atomic E-state index is 0.00796. The topological polar surface area (TPSA) is 36.1 Å². The van der Waals surface area contributed by atoms with Crippen molar-refractivity contribution in [1.29, 1.82) is 0 Å². The smallest absolute Gasteiger partial charge is 0.128 e. The normalized spacial score (nSPS) is 48.2. The summed E-state index contributed by atoms with van der Waals surface area (Å²) >= 11 is 0. The molecule has 0 amide bonds. The molecule has 4 aliphatic heterocycles. The average Bonchev–Trinajstić information content (AvgIpc) is 2.94. The van der Waals surface area contributed by atoms with E-state index in [0.717, 1.165) is 6.42 Å². The van der Waals surface area contributed by atoms with Gasteiger partial charge in [-0.15, -0.1) is 0 Å². The largest absolute Gasteiger partial charge is 0.357 e. The first kappa shape index (κ1) is 11.0. The van der Waals surface area contributed by atoms with Gasteiger partial charge in [0.2, 0.25) is 0 Å². The zero-order chi connectivity index (χ0) is 13.9. The number of fused-ring (bicyclic) bond motifs is 3. The second-order valence-corrected chi connectivity index (χ2v) is 7.47. The molecule has 3 saturated heterocycles. The summed E-state index contributed by atoms with van der Waals surface area (Å²) in [4.78, 5) is 18.2. The summed E-state index contributed by atoms with van der Waals surface area (Å²) in [5, 5.41) is 1.37. The maximum Gasteiger partial charge on any atom is 0.128 e. The molecule has 3 heteroatoms. The third kappa shape index (κ3) is 0.943. The molecule has 1 aromatic heterocycles. The summed E-state index contributed by atoms with van der Waals surface area (Å²) in [6, 6.07) is 10.2. The number of nitrogens with zero attached hydrogens (tertiary/aromatic N) is 1. The molecule has 1 N–H and O–H groups in total. The van der Waals surface area contributed by atoms with E-state index in [1.165, 1.54) is 34.9 Å². The van der Waals surface area contributed by atoms with Gasteiger partial charge in [0.05, 0.1) is 6.04 Å². The van der Waals surface area contributed by atoms with Crippen LogP contribution < -0.4 is 0 Å². The van der Waals surface area contributed by atoms with Gasteiger partial charge in [-0.1, -0.05) is 18.2 Å². The molecule has 0 spiro atoms. The van der Waals surface area contributed by atoms with Gasteiger partial charge >= 0.3 is 0 Å². The highest BCUT2D eigenvalue weighted by molar-refractivity contribution is 5.86. The Hall–Kier alpha value is -1.61. The van der Waals surface area contributed by atoms with Crippen molar-refractivity contribution in [1.82, 2.24) is 9.88 Å². The highest BCUT2D eigenvalue weighted by Gasteiger charge is 2.81. The van der Waals surface area contributed by atoms with E-state index in [1.54, 1.807) is 0 Å². The van der Waals surface area contributed by atoms with Crippen LogP contribution in [0.25, 0.3) is 10.9 Å². The van der Waals surface area contributed by atoms with Gasteiger partial charge in [0.25, 0.3) is 0 Å². The van der Waals surface area contributed by atoms with Crippen LogP contribution in [0.2, 0.25) is 0 Å². The van der Waals surface area contributed by atoms with Gasteiger partial charge in [0, 0.05) is 34.1 Å². The van der Waals surface area contributed by atoms with Crippen LogP contribution in [0.5, 0.6) is 0 Å². The van der Waals surface area contributed by atoms with Crippen molar-refractivity contribution in [2.24, 2.45) is 17.3 Å². The predicted octanol–water partition coefficient (Wildman–Crippen LogP) is 2.67. The van der Waals surface area contributed by atoms with Crippen LogP contribution in [0.3, 0.4) is 0 Å². The third-order valence-electron chi connectivity index (χ3n) is 7.09. The molecule has 1 saturated carbocycles. The Balaban J connectivity index is 1.62. The van der Waals surface area contributed by atoms with E-state index in [2.05, 4.69) is 41.1 Å². The fourth-order valence-electron chi connectivity index (χ4n) is 6.41. The highest BCUT2D eigenvalue weighted by atomic mass is 16.1. The van der Waals surface area contributed by atoms with Crippen molar-refractivity contribution >= 4 is 17.2 Å². The molecule has 5 aliphatic rings. The Bertz CT molecular complexity index is 809. The fraction of sp³-hybridized carbons (Fsp3) is 0.500. The Morgan fingerprint density at radius 1 is 1.38 bits per heavy atom. The number of benzene rings is 1. The number of rotatable bonds is 1. The summed E-state index contributed by atoms with van der Waals surface area (Å²) in [6.07, 6.45) is 3.54. The van der Waals surface area contributed by atoms with Crippen LogP contribution in [0.1, 0.15) is 30.6 Å². The number of H-pyrrole nitrogens is 1. The summed E-state index contributed by atoms with van der Waals surface area (Å²) in [5.74, 6) is 1.27. The summed E-state index contributed by atoms with van der Waals surface area (Å²) in [7, 11) is 0. The standard InChI is InChI=1S/C18H18N2O/c1-9-16-12-7-14-17-11(10-4-2-3-5-13(10)19-17)6-15(20(9)14)18(12,16)8-21/h2-5,8-9,12,14-16,19H,6-7H2,1H3/t9-,12-,14-,15-,16-,18+/m0/s1. The fourth-order valence-corrected chi connectivity index (χ4v) is 6.41. The van der Waals surface area contributed by atoms with Crippen LogP contribution in [0.15, 0.2) is 24.3 Å². The van der Waals surface area contributed by atoms with Gasteiger partial charge in [-0.2, -0.15) is 0 Å². The van der Waals surface area contributed by atoms with Crippen molar-refractivity contribution in [3.05, 3.63) is 35.5 Å². The lowest BCUT2D eigenvalue weighted by molar-refractivity contribution is -0.116. The highest BCUT2D eigenvalue weighted by Crippen LogP contribution is 2.77. The first-order valence-corrected chi connectivity index (χ1v) is 8.10. The second-order valence-electron chi connectivity index (χ2n) is 7.47. The van der Waals surface area contributed by atoms with Crippen LogP contribution in [-0.4, -0.2) is 28.3 Å².